The second-order valence-electron chi connectivity index (χ2n) is 16.5. The van der Waals surface area contributed by atoms with Gasteiger partial charge in [-0.25, -0.2) is 0 Å². The standard InChI is InChI=1S/C32H30NS2.C15H28O2.Ir/c1-18(2)13-23-19(3)34-28-17-25-29(16-24(23)28)35-27-11-12-33-31(30(25)27)21-14-20-9-7-8-10-22(20)26(15-21)32(4,5)6;1-7-14(5,8-2)12(16)11-13(17)15(6,9-3)10-4;/h7-12,15-18H,13H2,1-6H3;11,16H,7-10H2,1-6H3;/q-1;;/b;12-11-;. The molecule has 6 aromatic rings. The molecule has 285 valence electrons. The van der Waals surface area contributed by atoms with E-state index in [1.54, 1.807) is 0 Å². The van der Waals surface area contributed by atoms with Crippen molar-refractivity contribution in [1.82, 2.24) is 4.98 Å². The predicted molar refractivity (Wildman–Crippen MR) is 229 cm³/mol. The van der Waals surface area contributed by atoms with Gasteiger partial charge >= 0.3 is 0 Å². The summed E-state index contributed by atoms with van der Waals surface area (Å²) >= 11 is 3.82. The molecule has 0 amide bonds. The molecule has 3 nitrogen and oxygen atoms in total. The van der Waals surface area contributed by atoms with Crippen molar-refractivity contribution in [2.45, 2.75) is 121 Å². The zero-order chi connectivity index (χ0) is 38.2. The maximum atomic E-state index is 12.2. The van der Waals surface area contributed by atoms with Gasteiger partial charge < -0.3 is 5.11 Å². The molecule has 0 fully saturated rings. The normalized spacial score (nSPS) is 12.8. The van der Waals surface area contributed by atoms with Gasteiger partial charge in [0.05, 0.1) is 0 Å². The smallest absolute Gasteiger partial charge is 0.164 e. The molecular weight excluding hydrogens is 867 g/mol. The SMILES string of the molecule is CCC(C)(CC)C(=O)/C=C(\O)C(C)(CC)CC.Cc1sc2cc3c(cc2c1CC(C)C)sc1ccnc(-c2[c-]c4ccccc4c(C(C)(C)C)c2)c13.[Ir]. The van der Waals surface area contributed by atoms with Crippen LogP contribution < -0.4 is 0 Å². The quantitative estimate of drug-likeness (QED) is 0.0846. The predicted octanol–water partition coefficient (Wildman–Crippen LogP) is 14.7. The van der Waals surface area contributed by atoms with Gasteiger partial charge in [0, 0.05) is 67.9 Å². The summed E-state index contributed by atoms with van der Waals surface area (Å²) in [5.41, 5.74) is 4.42. The minimum Gasteiger partial charge on any atom is -0.512 e. The first-order valence-electron chi connectivity index (χ1n) is 19.1. The van der Waals surface area contributed by atoms with Crippen LogP contribution in [0.3, 0.4) is 0 Å². The summed E-state index contributed by atoms with van der Waals surface area (Å²) in [5.74, 6) is 0.939. The van der Waals surface area contributed by atoms with E-state index < -0.39 is 0 Å². The fourth-order valence-corrected chi connectivity index (χ4v) is 9.25. The van der Waals surface area contributed by atoms with Crippen LogP contribution in [0, 0.1) is 29.7 Å². The number of aromatic nitrogens is 1. The number of rotatable bonds is 10. The van der Waals surface area contributed by atoms with E-state index in [9.17, 15) is 9.90 Å². The number of hydrogen-bond donors (Lipinski definition) is 1. The van der Waals surface area contributed by atoms with Crippen molar-refractivity contribution in [3.63, 3.8) is 0 Å². The Balaban J connectivity index is 0.000000299. The average molecular weight is 925 g/mol. The number of fused-ring (bicyclic) bond motifs is 5. The van der Waals surface area contributed by atoms with E-state index >= 15 is 0 Å². The van der Waals surface area contributed by atoms with Crippen molar-refractivity contribution in [2.75, 3.05) is 0 Å². The maximum Gasteiger partial charge on any atom is 0.164 e. The first kappa shape index (κ1) is 42.8. The number of allylic oxidation sites excluding steroid dienone is 2. The number of ketones is 1. The van der Waals surface area contributed by atoms with Gasteiger partial charge in [0.2, 0.25) is 0 Å². The fourth-order valence-electron chi connectivity index (χ4n) is 7.01. The Morgan fingerprint density at radius 3 is 2.04 bits per heavy atom. The van der Waals surface area contributed by atoms with Crippen LogP contribution in [0.25, 0.3) is 52.3 Å². The Hall–Kier alpha value is -2.89. The molecule has 3 aromatic carbocycles. The molecule has 0 aliphatic rings. The summed E-state index contributed by atoms with van der Waals surface area (Å²) in [4.78, 5) is 18.6. The zero-order valence-corrected chi connectivity index (χ0v) is 37.9. The van der Waals surface area contributed by atoms with Crippen LogP contribution in [0.2, 0.25) is 0 Å². The third kappa shape index (κ3) is 8.67. The van der Waals surface area contributed by atoms with Gasteiger partial charge in [-0.1, -0.05) is 105 Å². The molecule has 53 heavy (non-hydrogen) atoms. The van der Waals surface area contributed by atoms with Gasteiger partial charge in [-0.3, -0.25) is 9.78 Å². The van der Waals surface area contributed by atoms with Gasteiger partial charge in [-0.15, -0.1) is 51.8 Å². The molecule has 0 spiro atoms. The molecule has 0 aliphatic heterocycles. The zero-order valence-electron chi connectivity index (χ0n) is 33.8. The van der Waals surface area contributed by atoms with Crippen molar-refractivity contribution in [3.05, 3.63) is 88.6 Å². The minimum absolute atomic E-state index is 0. The number of carbonyl (C=O) groups is 1. The number of aliphatic hydroxyl groups excluding tert-OH is 1. The third-order valence-electron chi connectivity index (χ3n) is 11.6. The molecule has 0 unspecified atom stereocenters. The van der Waals surface area contributed by atoms with Crippen molar-refractivity contribution in [1.29, 1.82) is 0 Å². The monoisotopic (exact) mass is 925 g/mol. The number of aliphatic hydroxyl groups is 1. The summed E-state index contributed by atoms with van der Waals surface area (Å²) in [5, 5.41) is 16.6. The number of hydrogen-bond acceptors (Lipinski definition) is 5. The average Bonchev–Trinajstić information content (AvgIpc) is 3.64. The third-order valence-corrected chi connectivity index (χ3v) is 13.8. The Morgan fingerprint density at radius 2 is 1.43 bits per heavy atom. The number of nitrogens with zero attached hydrogens (tertiary/aromatic N) is 1. The molecule has 6 rings (SSSR count). The molecule has 0 atom stereocenters. The van der Waals surface area contributed by atoms with E-state index in [2.05, 4.69) is 96.1 Å². The van der Waals surface area contributed by atoms with Gasteiger partial charge in [0.15, 0.2) is 5.78 Å². The van der Waals surface area contributed by atoms with Crippen LogP contribution in [0.5, 0.6) is 0 Å². The molecule has 1 N–H and O–H groups in total. The number of carbonyl (C=O) groups excluding carboxylic acids is 1. The molecular formula is C47H58IrNO2S2-. The second-order valence-corrected chi connectivity index (χ2v) is 18.9. The van der Waals surface area contributed by atoms with Crippen molar-refractivity contribution in [3.8, 4) is 11.3 Å². The van der Waals surface area contributed by atoms with Crippen LogP contribution >= 0.6 is 22.7 Å². The minimum atomic E-state index is -0.337. The number of pyridine rings is 1. The summed E-state index contributed by atoms with van der Waals surface area (Å²) in [6.45, 7) is 25.8. The van der Waals surface area contributed by atoms with E-state index in [1.807, 2.05) is 70.4 Å². The van der Waals surface area contributed by atoms with E-state index in [4.69, 9.17) is 4.98 Å². The van der Waals surface area contributed by atoms with Crippen molar-refractivity contribution >= 4 is 69.5 Å². The molecule has 0 saturated carbocycles. The maximum absolute atomic E-state index is 12.2. The molecule has 6 heteroatoms. The van der Waals surface area contributed by atoms with Gasteiger partial charge in [-0.05, 0) is 90.3 Å². The fraction of sp³-hybridized carbons (Fsp3) is 0.447. The molecule has 3 aromatic heterocycles. The molecule has 0 aliphatic carbocycles. The van der Waals surface area contributed by atoms with Crippen LogP contribution in [-0.4, -0.2) is 15.9 Å². The van der Waals surface area contributed by atoms with Crippen molar-refractivity contribution < 1.29 is 30.0 Å². The molecule has 0 bridgehead atoms. The molecule has 3 heterocycles. The number of aryl methyl sites for hydroxylation is 1. The number of benzene rings is 3. The van der Waals surface area contributed by atoms with Gasteiger partial charge in [0.1, 0.15) is 5.76 Å². The summed E-state index contributed by atoms with van der Waals surface area (Å²) in [6.07, 6.45) is 7.85. The van der Waals surface area contributed by atoms with Gasteiger partial charge in [-0.2, -0.15) is 0 Å². The summed E-state index contributed by atoms with van der Waals surface area (Å²) in [6, 6.07) is 21.7. The van der Waals surface area contributed by atoms with Gasteiger partial charge in [0.25, 0.3) is 0 Å². The Kier molecular flexibility index (Phi) is 13.6. The van der Waals surface area contributed by atoms with Crippen LogP contribution in [-0.2, 0) is 36.7 Å². The second kappa shape index (κ2) is 16.9. The Bertz CT molecular complexity index is 2260. The largest absolute Gasteiger partial charge is 0.512 e. The summed E-state index contributed by atoms with van der Waals surface area (Å²) < 4.78 is 4.03. The molecule has 0 saturated heterocycles. The summed E-state index contributed by atoms with van der Waals surface area (Å²) in [7, 11) is 0. The Labute approximate surface area is 339 Å². The molecule has 1 radical (unpaired) electrons. The van der Waals surface area contributed by atoms with E-state index in [0.717, 1.165) is 48.7 Å². The van der Waals surface area contributed by atoms with E-state index in [-0.39, 0.29) is 47.9 Å². The van der Waals surface area contributed by atoms with Crippen LogP contribution in [0.4, 0.5) is 0 Å². The van der Waals surface area contributed by atoms with Crippen molar-refractivity contribution in [2.24, 2.45) is 16.7 Å². The first-order chi connectivity index (χ1) is 24.5. The topological polar surface area (TPSA) is 50.2 Å². The van der Waals surface area contributed by atoms with E-state index in [0.29, 0.717) is 5.92 Å². The number of thiophene rings is 2. The Morgan fingerprint density at radius 1 is 0.830 bits per heavy atom. The first-order valence-corrected chi connectivity index (χ1v) is 20.8. The van der Waals surface area contributed by atoms with Crippen LogP contribution in [0.15, 0.2) is 66.6 Å². The van der Waals surface area contributed by atoms with E-state index in [1.165, 1.54) is 57.7 Å². The van der Waals surface area contributed by atoms with Crippen LogP contribution in [0.1, 0.15) is 118 Å².